The van der Waals surface area contributed by atoms with Crippen LogP contribution in [0.2, 0.25) is 0 Å². The summed E-state index contributed by atoms with van der Waals surface area (Å²) in [5.74, 6) is 1.49. The summed E-state index contributed by atoms with van der Waals surface area (Å²) in [6.07, 6.45) is 4.59. The number of aromatic nitrogens is 3. The van der Waals surface area contributed by atoms with E-state index in [2.05, 4.69) is 15.5 Å². The van der Waals surface area contributed by atoms with Gasteiger partial charge in [-0.05, 0) is 26.2 Å². The largest absolute Gasteiger partial charge is 0.354 e. The fraction of sp³-hybridized carbons (Fsp3) is 0.750. The third kappa shape index (κ3) is 2.34. The summed E-state index contributed by atoms with van der Waals surface area (Å²) in [6.45, 7) is 3.00. The molecule has 19 heavy (non-hydrogen) atoms. The lowest BCUT2D eigenvalue weighted by Gasteiger charge is -2.13. The maximum atomic E-state index is 12.0. The molecule has 0 aromatic carbocycles. The molecule has 0 bridgehead atoms. The van der Waals surface area contributed by atoms with Crippen molar-refractivity contribution in [3.05, 3.63) is 12.2 Å². The molecule has 0 unspecified atom stereocenters. The molecule has 1 heterocycles. The number of hydrogen-bond acceptors (Lipinski definition) is 3. The molecule has 0 saturated heterocycles. The van der Waals surface area contributed by atoms with Crippen LogP contribution in [0.5, 0.6) is 0 Å². The maximum absolute atomic E-state index is 12.0. The van der Waals surface area contributed by atoms with Gasteiger partial charge in [0, 0.05) is 19.0 Å². The molecule has 5 nitrogen and oxygen atoms in total. The van der Waals surface area contributed by atoms with Crippen molar-refractivity contribution in [2.24, 2.45) is 5.41 Å². The van der Waals surface area contributed by atoms with E-state index in [4.69, 9.17) is 23.2 Å². The van der Waals surface area contributed by atoms with Gasteiger partial charge in [0.05, 0.1) is 5.41 Å². The zero-order valence-electron chi connectivity index (χ0n) is 10.7. The second-order valence-corrected chi connectivity index (χ2v) is 7.11. The fourth-order valence-corrected chi connectivity index (χ4v) is 2.93. The van der Waals surface area contributed by atoms with Crippen molar-refractivity contribution in [2.45, 2.75) is 43.0 Å². The SMILES string of the molecule is C[C@@]1(C(=O)NCCn2cnnc2C2CC2)CC1(Cl)Cl. The smallest absolute Gasteiger partial charge is 0.229 e. The number of amides is 1. The summed E-state index contributed by atoms with van der Waals surface area (Å²) >= 11 is 12.0. The Balaban J connectivity index is 1.51. The molecule has 1 N–H and O–H groups in total. The molecule has 2 fully saturated rings. The van der Waals surface area contributed by atoms with Crippen LogP contribution in [0.3, 0.4) is 0 Å². The van der Waals surface area contributed by atoms with Gasteiger partial charge >= 0.3 is 0 Å². The summed E-state index contributed by atoms with van der Waals surface area (Å²) in [7, 11) is 0. The van der Waals surface area contributed by atoms with Gasteiger partial charge in [-0.2, -0.15) is 0 Å². The van der Waals surface area contributed by atoms with Gasteiger partial charge in [0.1, 0.15) is 16.5 Å². The van der Waals surface area contributed by atoms with Crippen molar-refractivity contribution in [1.82, 2.24) is 20.1 Å². The molecule has 2 aliphatic rings. The number of nitrogens with one attached hydrogen (secondary N) is 1. The second kappa shape index (κ2) is 4.35. The molecular formula is C12H16Cl2N4O. The van der Waals surface area contributed by atoms with Gasteiger partial charge in [-0.25, -0.2) is 0 Å². The highest BCUT2D eigenvalue weighted by Crippen LogP contribution is 2.63. The molecular weight excluding hydrogens is 287 g/mol. The summed E-state index contributed by atoms with van der Waals surface area (Å²) < 4.78 is 1.09. The maximum Gasteiger partial charge on any atom is 0.229 e. The first kappa shape index (κ1) is 13.2. The average Bonchev–Trinajstić information content (AvgIpc) is 3.20. The highest BCUT2D eigenvalue weighted by molar-refractivity contribution is 6.53. The Morgan fingerprint density at radius 1 is 1.58 bits per heavy atom. The van der Waals surface area contributed by atoms with Gasteiger partial charge < -0.3 is 9.88 Å². The zero-order chi connectivity index (χ0) is 13.7. The molecule has 104 valence electrons. The lowest BCUT2D eigenvalue weighted by atomic mass is 10.1. The normalized spacial score (nSPS) is 28.2. The van der Waals surface area contributed by atoms with Gasteiger partial charge in [-0.3, -0.25) is 4.79 Å². The second-order valence-electron chi connectivity index (χ2n) is 5.63. The van der Waals surface area contributed by atoms with E-state index in [1.54, 1.807) is 13.3 Å². The first-order valence-corrected chi connectivity index (χ1v) is 7.23. The fourth-order valence-electron chi connectivity index (χ4n) is 2.23. The van der Waals surface area contributed by atoms with Crippen LogP contribution < -0.4 is 5.32 Å². The lowest BCUT2D eigenvalue weighted by Crippen LogP contribution is -2.35. The van der Waals surface area contributed by atoms with Gasteiger partial charge in [0.25, 0.3) is 0 Å². The van der Waals surface area contributed by atoms with Gasteiger partial charge in [0.15, 0.2) is 0 Å². The number of halogens is 2. The van der Waals surface area contributed by atoms with Crippen LogP contribution in [0.25, 0.3) is 0 Å². The van der Waals surface area contributed by atoms with Crippen LogP contribution >= 0.6 is 23.2 Å². The molecule has 0 spiro atoms. The number of carbonyl (C=O) groups is 1. The van der Waals surface area contributed by atoms with E-state index >= 15 is 0 Å². The zero-order valence-corrected chi connectivity index (χ0v) is 12.2. The Hall–Kier alpha value is -0.810. The van der Waals surface area contributed by atoms with Gasteiger partial charge in [-0.15, -0.1) is 33.4 Å². The molecule has 2 aliphatic carbocycles. The van der Waals surface area contributed by atoms with E-state index in [-0.39, 0.29) is 5.91 Å². The van der Waals surface area contributed by atoms with E-state index < -0.39 is 9.75 Å². The quantitative estimate of drug-likeness (QED) is 0.845. The first-order chi connectivity index (χ1) is 8.94. The number of carbonyl (C=O) groups excluding carboxylic acids is 1. The lowest BCUT2D eigenvalue weighted by molar-refractivity contribution is -0.125. The summed E-state index contributed by atoms with van der Waals surface area (Å²) in [6, 6.07) is 0. The molecule has 3 rings (SSSR count). The predicted molar refractivity (Wildman–Crippen MR) is 72.2 cm³/mol. The Bertz CT molecular complexity index is 512. The predicted octanol–water partition coefficient (Wildman–Crippen LogP) is 1.86. The molecule has 2 saturated carbocycles. The number of alkyl halides is 2. The van der Waals surface area contributed by atoms with Crippen LogP contribution in [-0.2, 0) is 11.3 Å². The molecule has 1 aromatic rings. The summed E-state index contributed by atoms with van der Waals surface area (Å²) in [5, 5.41) is 10.9. The van der Waals surface area contributed by atoms with E-state index in [1.165, 1.54) is 12.8 Å². The van der Waals surface area contributed by atoms with Crippen molar-refractivity contribution < 1.29 is 4.79 Å². The minimum Gasteiger partial charge on any atom is -0.354 e. The Labute approximate surface area is 121 Å². The van der Waals surface area contributed by atoms with Crippen LogP contribution in [0.1, 0.15) is 37.9 Å². The monoisotopic (exact) mass is 302 g/mol. The van der Waals surface area contributed by atoms with Crippen LogP contribution in [-0.4, -0.2) is 31.5 Å². The van der Waals surface area contributed by atoms with E-state index in [0.29, 0.717) is 25.4 Å². The molecule has 1 aromatic heterocycles. The third-order valence-corrected chi connectivity index (χ3v) is 5.09. The van der Waals surface area contributed by atoms with Crippen LogP contribution in [0, 0.1) is 5.41 Å². The van der Waals surface area contributed by atoms with Gasteiger partial charge in [0.2, 0.25) is 5.91 Å². The standard InChI is InChI=1S/C12H16Cl2N4O/c1-11(6-12(11,13)14)10(19)15-4-5-18-7-16-17-9(18)8-2-3-8/h7-8H,2-6H2,1H3,(H,15,19)/t11-/m0/s1. The van der Waals surface area contributed by atoms with Crippen LogP contribution in [0.4, 0.5) is 0 Å². The first-order valence-electron chi connectivity index (χ1n) is 6.48. The topological polar surface area (TPSA) is 59.8 Å². The molecule has 7 heteroatoms. The number of hydrogen-bond donors (Lipinski definition) is 1. The van der Waals surface area contributed by atoms with E-state index in [9.17, 15) is 4.79 Å². The van der Waals surface area contributed by atoms with Crippen molar-refractivity contribution in [2.75, 3.05) is 6.54 Å². The molecule has 1 amide bonds. The summed E-state index contributed by atoms with van der Waals surface area (Å²) in [5.41, 5.74) is -0.650. The van der Waals surface area contributed by atoms with Crippen molar-refractivity contribution in [1.29, 1.82) is 0 Å². The average molecular weight is 303 g/mol. The van der Waals surface area contributed by atoms with Crippen molar-refractivity contribution in [3.8, 4) is 0 Å². The van der Waals surface area contributed by atoms with E-state index in [0.717, 1.165) is 5.82 Å². The minimum atomic E-state index is -0.910. The number of rotatable bonds is 5. The molecule has 0 radical (unpaired) electrons. The van der Waals surface area contributed by atoms with Crippen LogP contribution in [0.15, 0.2) is 6.33 Å². The third-order valence-electron chi connectivity index (χ3n) is 3.99. The van der Waals surface area contributed by atoms with Crippen molar-refractivity contribution in [3.63, 3.8) is 0 Å². The molecule has 1 atom stereocenters. The minimum absolute atomic E-state index is 0.0847. The number of nitrogens with zero attached hydrogens (tertiary/aromatic N) is 3. The molecule has 0 aliphatic heterocycles. The highest BCUT2D eigenvalue weighted by atomic mass is 35.5. The van der Waals surface area contributed by atoms with Gasteiger partial charge in [-0.1, -0.05) is 0 Å². The summed E-state index contributed by atoms with van der Waals surface area (Å²) in [4.78, 5) is 12.0. The Kier molecular flexibility index (Phi) is 3.02. The Morgan fingerprint density at radius 3 is 2.84 bits per heavy atom. The Morgan fingerprint density at radius 2 is 2.26 bits per heavy atom. The van der Waals surface area contributed by atoms with E-state index in [1.807, 2.05) is 4.57 Å². The highest BCUT2D eigenvalue weighted by Gasteiger charge is 2.67. The van der Waals surface area contributed by atoms with Crippen molar-refractivity contribution >= 4 is 29.1 Å².